The molecule has 72 valence electrons. The Balaban J connectivity index is 3.06. The molecule has 1 heterocycles. The summed E-state index contributed by atoms with van der Waals surface area (Å²) in [5.74, 6) is -0.416. The maximum absolute atomic E-state index is 11.3. The zero-order valence-electron chi connectivity index (χ0n) is 8.52. The van der Waals surface area contributed by atoms with E-state index < -0.39 is 0 Å². The molecule has 1 fully saturated rings. The van der Waals surface area contributed by atoms with Crippen LogP contribution in [0.25, 0.3) is 0 Å². The predicted molar refractivity (Wildman–Crippen MR) is 49.9 cm³/mol. The number of amides is 2. The Hall–Kier alpha value is -1.12. The van der Waals surface area contributed by atoms with Crippen LogP contribution in [-0.4, -0.2) is 11.8 Å². The first kappa shape index (κ1) is 9.96. The fourth-order valence-corrected chi connectivity index (χ4v) is 1.24. The fraction of sp³-hybridized carbons (Fsp3) is 0.600. The average Bonchev–Trinajstić information content (AvgIpc) is 2.26. The molecule has 0 saturated carbocycles. The summed E-state index contributed by atoms with van der Waals surface area (Å²) in [6.07, 6.45) is 0.238. The van der Waals surface area contributed by atoms with E-state index in [-0.39, 0.29) is 23.7 Å². The molecular formula is C10H15NO2. The molecule has 0 aromatic rings. The lowest BCUT2D eigenvalue weighted by molar-refractivity contribution is -0.124. The van der Waals surface area contributed by atoms with Crippen LogP contribution < -0.4 is 5.32 Å². The molecule has 0 spiro atoms. The van der Waals surface area contributed by atoms with Gasteiger partial charge in [-0.1, -0.05) is 26.3 Å². The first-order valence-electron chi connectivity index (χ1n) is 4.37. The van der Waals surface area contributed by atoms with E-state index in [0.717, 1.165) is 5.57 Å². The van der Waals surface area contributed by atoms with Gasteiger partial charge in [0.2, 0.25) is 5.91 Å². The van der Waals surface area contributed by atoms with Crippen molar-refractivity contribution in [2.75, 3.05) is 0 Å². The smallest absolute Gasteiger partial charge is 0.254 e. The lowest BCUT2D eigenvalue weighted by Gasteiger charge is -2.20. The number of carbonyl (C=O) groups excluding carboxylic acids is 2. The van der Waals surface area contributed by atoms with Gasteiger partial charge in [-0.3, -0.25) is 14.9 Å². The van der Waals surface area contributed by atoms with Crippen molar-refractivity contribution >= 4 is 11.8 Å². The summed E-state index contributed by atoms with van der Waals surface area (Å²) in [5, 5.41) is 2.28. The van der Waals surface area contributed by atoms with Gasteiger partial charge in [-0.15, -0.1) is 0 Å². The van der Waals surface area contributed by atoms with Gasteiger partial charge >= 0.3 is 0 Å². The quantitative estimate of drug-likeness (QED) is 0.453. The number of nitrogens with one attached hydrogen (secondary N) is 1. The molecule has 1 aliphatic heterocycles. The van der Waals surface area contributed by atoms with E-state index in [2.05, 4.69) is 5.32 Å². The monoisotopic (exact) mass is 181 g/mol. The summed E-state index contributed by atoms with van der Waals surface area (Å²) in [7, 11) is 0. The highest BCUT2D eigenvalue weighted by Gasteiger charge is 2.29. The van der Waals surface area contributed by atoms with Gasteiger partial charge in [-0.05, 0) is 12.3 Å². The van der Waals surface area contributed by atoms with Crippen LogP contribution in [0.1, 0.15) is 34.1 Å². The lowest BCUT2D eigenvalue weighted by atomic mass is 9.84. The number of allylic oxidation sites excluding steroid dienone is 1. The first-order chi connectivity index (χ1) is 5.82. The summed E-state index contributed by atoms with van der Waals surface area (Å²) in [6.45, 7) is 8.01. The van der Waals surface area contributed by atoms with Gasteiger partial charge in [0, 0.05) is 5.57 Å². The van der Waals surface area contributed by atoms with Gasteiger partial charge < -0.3 is 0 Å². The van der Waals surface area contributed by atoms with Gasteiger partial charge in [0.15, 0.2) is 0 Å². The van der Waals surface area contributed by atoms with Gasteiger partial charge in [0.1, 0.15) is 0 Å². The molecule has 0 atom stereocenters. The third-order valence-corrected chi connectivity index (χ3v) is 2.44. The zero-order chi connectivity index (χ0) is 10.2. The first-order valence-corrected chi connectivity index (χ1v) is 4.37. The molecule has 1 N–H and O–H groups in total. The number of carbonyl (C=O) groups is 2. The van der Waals surface area contributed by atoms with Crippen molar-refractivity contribution in [2.45, 2.75) is 34.1 Å². The van der Waals surface area contributed by atoms with Crippen LogP contribution in [0.5, 0.6) is 0 Å². The summed E-state index contributed by atoms with van der Waals surface area (Å²) in [5.41, 5.74) is 1.59. The Morgan fingerprint density at radius 1 is 1.31 bits per heavy atom. The molecule has 2 amide bonds. The van der Waals surface area contributed by atoms with Gasteiger partial charge in [0.05, 0.1) is 6.42 Å². The van der Waals surface area contributed by atoms with E-state index in [1.54, 1.807) is 0 Å². The molecule has 0 unspecified atom stereocenters. The van der Waals surface area contributed by atoms with Crippen molar-refractivity contribution in [3.8, 4) is 0 Å². The molecular weight excluding hydrogens is 166 g/mol. The number of imide groups is 1. The second-order valence-corrected chi connectivity index (χ2v) is 4.41. The van der Waals surface area contributed by atoms with E-state index in [4.69, 9.17) is 0 Å². The average molecular weight is 181 g/mol. The van der Waals surface area contributed by atoms with Crippen LogP contribution >= 0.6 is 0 Å². The van der Waals surface area contributed by atoms with Gasteiger partial charge in [-0.2, -0.15) is 0 Å². The third kappa shape index (κ3) is 1.97. The molecule has 0 aliphatic carbocycles. The molecule has 0 aromatic carbocycles. The van der Waals surface area contributed by atoms with Gasteiger partial charge in [0.25, 0.3) is 5.91 Å². The van der Waals surface area contributed by atoms with E-state index in [0.29, 0.717) is 5.57 Å². The highest BCUT2D eigenvalue weighted by atomic mass is 16.2. The van der Waals surface area contributed by atoms with Crippen LogP contribution in [0, 0.1) is 5.41 Å². The summed E-state index contributed by atoms with van der Waals surface area (Å²) < 4.78 is 0. The van der Waals surface area contributed by atoms with Crippen molar-refractivity contribution in [1.82, 2.24) is 5.32 Å². The van der Waals surface area contributed by atoms with Crippen molar-refractivity contribution < 1.29 is 9.59 Å². The molecule has 1 saturated heterocycles. The van der Waals surface area contributed by atoms with Crippen molar-refractivity contribution in [2.24, 2.45) is 5.41 Å². The SMILES string of the molecule is C/C(=C1/CC(=O)NC1=O)C(C)(C)C. The molecule has 0 aromatic heterocycles. The maximum atomic E-state index is 11.3. The van der Waals surface area contributed by atoms with Crippen LogP contribution in [-0.2, 0) is 9.59 Å². The molecule has 1 rings (SSSR count). The minimum absolute atomic E-state index is 0.0444. The molecule has 13 heavy (non-hydrogen) atoms. The summed E-state index contributed by atoms with van der Waals surface area (Å²) >= 11 is 0. The Morgan fingerprint density at radius 3 is 2.15 bits per heavy atom. The Labute approximate surface area is 78.2 Å². The molecule has 0 bridgehead atoms. The second kappa shape index (κ2) is 2.98. The molecule has 3 heteroatoms. The van der Waals surface area contributed by atoms with Crippen molar-refractivity contribution in [1.29, 1.82) is 0 Å². The Kier molecular flexibility index (Phi) is 2.28. The minimum atomic E-state index is -0.225. The van der Waals surface area contributed by atoms with Crippen molar-refractivity contribution in [3.05, 3.63) is 11.1 Å². The normalized spacial score (nSPS) is 21.8. The van der Waals surface area contributed by atoms with Crippen LogP contribution in [0.3, 0.4) is 0 Å². The maximum Gasteiger partial charge on any atom is 0.254 e. The predicted octanol–water partition coefficient (Wildman–Crippen LogP) is 1.40. The second-order valence-electron chi connectivity index (χ2n) is 4.41. The van der Waals surface area contributed by atoms with E-state index in [1.165, 1.54) is 0 Å². The Bertz CT molecular complexity index is 295. The number of hydrogen-bond acceptors (Lipinski definition) is 2. The topological polar surface area (TPSA) is 46.2 Å². The Morgan fingerprint density at radius 2 is 1.85 bits per heavy atom. The highest BCUT2D eigenvalue weighted by molar-refractivity contribution is 6.13. The number of rotatable bonds is 0. The van der Waals surface area contributed by atoms with Crippen LogP contribution in [0.2, 0.25) is 0 Å². The number of hydrogen-bond donors (Lipinski definition) is 1. The fourth-order valence-electron chi connectivity index (χ4n) is 1.24. The molecule has 0 radical (unpaired) electrons. The summed E-state index contributed by atoms with van der Waals surface area (Å²) in [6, 6.07) is 0. The zero-order valence-corrected chi connectivity index (χ0v) is 8.52. The molecule has 3 nitrogen and oxygen atoms in total. The lowest BCUT2D eigenvalue weighted by Crippen LogP contribution is -2.20. The highest BCUT2D eigenvalue weighted by Crippen LogP contribution is 2.30. The largest absolute Gasteiger partial charge is 0.292 e. The van der Waals surface area contributed by atoms with E-state index in [9.17, 15) is 9.59 Å². The van der Waals surface area contributed by atoms with E-state index >= 15 is 0 Å². The van der Waals surface area contributed by atoms with E-state index in [1.807, 2.05) is 27.7 Å². The molecule has 1 aliphatic rings. The van der Waals surface area contributed by atoms with Crippen LogP contribution in [0.4, 0.5) is 0 Å². The van der Waals surface area contributed by atoms with Crippen molar-refractivity contribution in [3.63, 3.8) is 0 Å². The van der Waals surface area contributed by atoms with Gasteiger partial charge in [-0.25, -0.2) is 0 Å². The van der Waals surface area contributed by atoms with Crippen LogP contribution in [0.15, 0.2) is 11.1 Å². The third-order valence-electron chi connectivity index (χ3n) is 2.44. The standard InChI is InChI=1S/C10H15NO2/c1-6(10(2,3)4)7-5-8(12)11-9(7)13/h5H2,1-4H3,(H,11,12,13)/b7-6+. The minimum Gasteiger partial charge on any atom is -0.292 e. The summed E-state index contributed by atoms with van der Waals surface area (Å²) in [4.78, 5) is 22.2.